The molecule has 41 atom stereocenters. The van der Waals surface area contributed by atoms with Gasteiger partial charge in [-0.05, 0) is 111 Å². The molecule has 4 saturated carbocycles. The van der Waals surface area contributed by atoms with E-state index in [2.05, 4.69) is 46.0 Å². The molecule has 7 aliphatic heterocycles. The zero-order valence-electron chi connectivity index (χ0n) is 63.1. The number of aliphatic hydroxyl groups excluding tert-OH is 16. The summed E-state index contributed by atoms with van der Waals surface area (Å²) in [7, 11) is 0. The minimum absolute atomic E-state index is 0.00455. The molecule has 0 aromatic carbocycles. The second kappa shape index (κ2) is 32.5. The van der Waals surface area contributed by atoms with Gasteiger partial charge in [-0.3, -0.25) is 9.59 Å². The Morgan fingerprint density at radius 1 is 0.573 bits per heavy atom. The van der Waals surface area contributed by atoms with E-state index in [9.17, 15) is 106 Å². The number of ether oxygens (including phenoxy) is 14. The molecule has 628 valence electrons. The summed E-state index contributed by atoms with van der Waals surface area (Å²) >= 11 is 0. The SMILES string of the molecule is CCC(=O)N[C@H]1C(CO)O[C@@H](OC(=O)[C@]23CCC(C)(C)CC2C2=CCC4C5(C)CC[C@H](O[C@@H]6OC(C(=O)O)[C@@H](O)[C@H](O[C@@H]7OC[C@@H](O)[C@H](O)C7O)C6O[C@@H]6OC(CO)[C@H](O)[C@H](O)C6O)[C@](C)(C=O)[C@@H]5CC[C@]4(C)[C@]2(C)CC3O)C(O[C@@H]2OC(C)[C@H](O[C@@H]3OC[C@@H](O)C(O[C@@H]4OC[C@@](O)(CC)C4O)C3O)C(O)C2O)C1O. The number of fused-ring (bicyclic) bond motifs is 7. The Hall–Kier alpha value is -3.38. The number of amides is 1. The highest BCUT2D eigenvalue weighted by Crippen LogP contribution is 2.76. The van der Waals surface area contributed by atoms with Crippen LogP contribution in [0.5, 0.6) is 0 Å². The van der Waals surface area contributed by atoms with Crippen LogP contribution in [-0.2, 0) is 85.5 Å². The topological polar surface area (TPSA) is 574 Å². The maximum absolute atomic E-state index is 16.0. The molecule has 0 aromatic heterocycles. The second-order valence-corrected chi connectivity index (χ2v) is 34.4. The van der Waals surface area contributed by atoms with Crippen molar-refractivity contribution in [2.24, 2.45) is 50.2 Å². The normalized spacial score (nSPS) is 52.9. The number of carboxylic acid groups (broad SMARTS) is 1. The number of aliphatic carboxylic acids is 1. The lowest BCUT2D eigenvalue weighted by molar-refractivity contribution is -0.391. The smallest absolute Gasteiger partial charge is 0.335 e. The van der Waals surface area contributed by atoms with Crippen LogP contribution >= 0.6 is 0 Å². The number of hydrogen-bond acceptors (Lipinski definition) is 35. The van der Waals surface area contributed by atoms with Crippen LogP contribution in [0, 0.1) is 50.2 Å². The molecule has 5 aliphatic carbocycles. The molecular weight excluding hydrogens is 1470 g/mol. The molecule has 7 saturated heterocycles. The van der Waals surface area contributed by atoms with Crippen molar-refractivity contribution in [1.82, 2.24) is 5.32 Å². The number of rotatable bonds is 21. The maximum atomic E-state index is 16.0. The van der Waals surface area contributed by atoms with Gasteiger partial charge in [0.1, 0.15) is 133 Å². The van der Waals surface area contributed by atoms with Crippen molar-refractivity contribution in [3.63, 3.8) is 0 Å². The third kappa shape index (κ3) is 14.8. The molecule has 11 fully saturated rings. The summed E-state index contributed by atoms with van der Waals surface area (Å²) in [5.41, 5.74) is -6.73. The second-order valence-electron chi connectivity index (χ2n) is 34.4. The van der Waals surface area contributed by atoms with Gasteiger partial charge in [-0.2, -0.15) is 0 Å². The number of carbonyl (C=O) groups is 4. The van der Waals surface area contributed by atoms with Gasteiger partial charge in [0, 0.05) is 6.42 Å². The predicted octanol–water partition coefficient (Wildman–Crippen LogP) is -5.42. The van der Waals surface area contributed by atoms with E-state index in [1.54, 1.807) is 13.8 Å². The van der Waals surface area contributed by atoms with E-state index in [0.29, 0.717) is 38.5 Å². The molecule has 18 unspecified atom stereocenters. The van der Waals surface area contributed by atoms with Crippen LogP contribution in [0.2, 0.25) is 0 Å². The number of carboxylic acids is 1. The average Bonchev–Trinajstić information content (AvgIpc) is 0.705. The Morgan fingerprint density at radius 3 is 1.83 bits per heavy atom. The lowest BCUT2D eigenvalue weighted by Crippen LogP contribution is -2.70. The fourth-order valence-corrected chi connectivity index (χ4v) is 20.7. The third-order valence-corrected chi connectivity index (χ3v) is 27.6. The van der Waals surface area contributed by atoms with Crippen LogP contribution in [0.3, 0.4) is 0 Å². The molecular formula is C73H115NO36. The fraction of sp³-hybridized carbons (Fsp3) is 0.918. The molecule has 37 nitrogen and oxygen atoms in total. The minimum atomic E-state index is -2.23. The monoisotopic (exact) mass is 1580 g/mol. The molecule has 0 spiro atoms. The van der Waals surface area contributed by atoms with Crippen molar-refractivity contribution >= 4 is 24.1 Å². The molecule has 19 N–H and O–H groups in total. The van der Waals surface area contributed by atoms with E-state index < -0.39 is 291 Å². The van der Waals surface area contributed by atoms with Gasteiger partial charge in [-0.1, -0.05) is 67.0 Å². The summed E-state index contributed by atoms with van der Waals surface area (Å²) in [6, 6.07) is -1.45. The largest absolute Gasteiger partial charge is 0.479 e. The van der Waals surface area contributed by atoms with Crippen molar-refractivity contribution in [3.8, 4) is 0 Å². The molecule has 0 radical (unpaired) electrons. The van der Waals surface area contributed by atoms with Crippen molar-refractivity contribution in [2.75, 3.05) is 33.0 Å². The highest BCUT2D eigenvalue weighted by atomic mass is 16.8. The summed E-state index contributed by atoms with van der Waals surface area (Å²) in [5, 5.41) is 204. The van der Waals surface area contributed by atoms with E-state index >= 15 is 4.79 Å². The van der Waals surface area contributed by atoms with Gasteiger partial charge in [0.2, 0.25) is 12.2 Å². The number of aliphatic hydroxyl groups is 17. The summed E-state index contributed by atoms with van der Waals surface area (Å²) in [5.74, 6) is -4.79. The third-order valence-electron chi connectivity index (χ3n) is 27.6. The number of esters is 1. The van der Waals surface area contributed by atoms with Crippen LogP contribution < -0.4 is 5.32 Å². The zero-order valence-corrected chi connectivity index (χ0v) is 63.1. The summed E-state index contributed by atoms with van der Waals surface area (Å²) in [6.45, 7) is 13.6. The van der Waals surface area contributed by atoms with Crippen LogP contribution in [0.25, 0.3) is 0 Å². The predicted molar refractivity (Wildman–Crippen MR) is 363 cm³/mol. The minimum Gasteiger partial charge on any atom is -0.479 e. The fourth-order valence-electron chi connectivity index (χ4n) is 20.7. The van der Waals surface area contributed by atoms with Gasteiger partial charge in [-0.25, -0.2) is 4.79 Å². The van der Waals surface area contributed by atoms with Crippen molar-refractivity contribution < 1.29 is 177 Å². The number of hydrogen-bond donors (Lipinski definition) is 19. The van der Waals surface area contributed by atoms with Gasteiger partial charge in [0.25, 0.3) is 0 Å². The molecule has 0 aromatic rings. The molecule has 7 heterocycles. The summed E-state index contributed by atoms with van der Waals surface area (Å²) in [6.07, 6.45) is -50.0. The van der Waals surface area contributed by atoms with Gasteiger partial charge in [-0.15, -0.1) is 0 Å². The van der Waals surface area contributed by atoms with Gasteiger partial charge < -0.3 is 168 Å². The molecule has 1 amide bonds. The van der Waals surface area contributed by atoms with E-state index in [-0.39, 0.29) is 44.6 Å². The Morgan fingerprint density at radius 2 is 1.18 bits per heavy atom. The van der Waals surface area contributed by atoms with Crippen molar-refractivity contribution in [1.29, 1.82) is 0 Å². The molecule has 12 aliphatic rings. The number of allylic oxidation sites excluding steroid dienone is 2. The Balaban J connectivity index is 0.800. The maximum Gasteiger partial charge on any atom is 0.335 e. The quantitative estimate of drug-likeness (QED) is 0.0221. The first-order valence-corrected chi connectivity index (χ1v) is 38.4. The number of carbonyl (C=O) groups excluding carboxylic acids is 3. The molecule has 12 rings (SSSR count). The average molecular weight is 1580 g/mol. The number of aldehydes is 1. The zero-order chi connectivity index (χ0) is 80.4. The van der Waals surface area contributed by atoms with Crippen LogP contribution in [0.4, 0.5) is 0 Å². The first-order valence-electron chi connectivity index (χ1n) is 38.4. The van der Waals surface area contributed by atoms with Gasteiger partial charge >= 0.3 is 11.9 Å². The van der Waals surface area contributed by atoms with E-state index in [0.717, 1.165) is 11.9 Å². The number of nitrogens with one attached hydrogen (secondary N) is 1. The first-order chi connectivity index (χ1) is 51.7. The lowest BCUT2D eigenvalue weighted by atomic mass is 9.33. The van der Waals surface area contributed by atoms with Gasteiger partial charge in [0.15, 0.2) is 49.9 Å². The molecule has 110 heavy (non-hydrogen) atoms. The standard InChI is InChI=1S/C73H115NO36/c1-10-39(81)74-40-33(22-75)101-63(55(43(40)84)108-61-48(89)45(86)51(28(3)100-61)104-60-50(91)52(32(79)25-98-60)105-65-57(92)72(96,11-2)27-99-65)110-66(95)73-19-18-67(4,5)20-30(73)29-12-13-36-68(6)16-15-38(69(7,26-77)35(68)14-17-70(36,8)71(29,9)21-37(73)80)103-64-56(109-62-47(88)44(85)42(83)34(23-76)102-62)53(49(90)54(107-64)58(93)94)106-59-46(87)41(82)31(78)24-97-59/h12,26,28,30-38,40-57,59-65,75-76,78-80,82-92,96H,10-11,13-25,27H2,1-9H3,(H,74,81)(H,93,94)/t28?,30?,31-,32-,33?,34?,35-,36?,37?,38+,40+,41+,42+,43?,44+,45?,46?,47?,48?,49+,50?,51+,52?,53+,54?,55?,56?,57?,59+,60+,61+,62+,63+,64-,65+,68?,69-,70+,71-,72+,73-/m1/s1. The van der Waals surface area contributed by atoms with Crippen LogP contribution in [0.15, 0.2) is 11.6 Å². The molecule has 0 bridgehead atoms. The van der Waals surface area contributed by atoms with E-state index in [1.807, 2.05) is 0 Å². The van der Waals surface area contributed by atoms with Gasteiger partial charge in [0.05, 0.1) is 62.8 Å². The first kappa shape index (κ1) is 86.0. The van der Waals surface area contributed by atoms with Crippen molar-refractivity contribution in [3.05, 3.63) is 11.6 Å². The highest BCUT2D eigenvalue weighted by Gasteiger charge is 2.73. The summed E-state index contributed by atoms with van der Waals surface area (Å²) < 4.78 is 84.5. The van der Waals surface area contributed by atoms with Crippen molar-refractivity contribution in [2.45, 2.75) is 335 Å². The highest BCUT2D eigenvalue weighted by molar-refractivity contribution is 5.80. The van der Waals surface area contributed by atoms with E-state index in [1.165, 1.54) is 13.8 Å². The van der Waals surface area contributed by atoms with E-state index in [4.69, 9.17) is 66.3 Å². The molecule has 37 heteroatoms. The lowest BCUT2D eigenvalue weighted by Gasteiger charge is -2.71. The summed E-state index contributed by atoms with van der Waals surface area (Å²) in [4.78, 5) is 56.4. The Labute approximate surface area is 634 Å². The van der Waals surface area contributed by atoms with Crippen LogP contribution in [-0.4, -0.2) is 351 Å². The van der Waals surface area contributed by atoms with Crippen LogP contribution in [0.1, 0.15) is 133 Å². The Bertz CT molecular complexity index is 3270. The Kier molecular flexibility index (Phi) is 25.4.